The Labute approximate surface area is 184 Å². The molecular weight excluding hydrogens is 414 g/mol. The number of carbonyl (C=O) groups is 1. The van der Waals surface area contributed by atoms with E-state index in [1.807, 2.05) is 49.1 Å². The van der Waals surface area contributed by atoms with Crippen LogP contribution in [0.1, 0.15) is 37.7 Å². The molecule has 31 heavy (non-hydrogen) atoms. The Hall–Kier alpha value is -3.04. The van der Waals surface area contributed by atoms with Gasteiger partial charge in [0.05, 0.1) is 35.7 Å². The minimum Gasteiger partial charge on any atom is -0.378 e. The fraction of sp³-hybridized carbons (Fsp3) is 0.364. The third-order valence-electron chi connectivity index (χ3n) is 5.12. The third kappa shape index (κ3) is 5.18. The van der Waals surface area contributed by atoms with Gasteiger partial charge in [0, 0.05) is 25.6 Å². The molecule has 1 saturated heterocycles. The van der Waals surface area contributed by atoms with Gasteiger partial charge < -0.3 is 15.0 Å². The Morgan fingerprint density at radius 1 is 1.23 bits per heavy atom. The van der Waals surface area contributed by atoms with Crippen LogP contribution in [-0.4, -0.2) is 47.2 Å². The molecular formula is C22H25N5O3S. The SMILES string of the molecule is Cc1nc(C)c(C(=O)NC(Cc2cc(=O)[nH]c(N3CCOCC3)n2)c2ccccc2)s1. The lowest BCUT2D eigenvalue weighted by Crippen LogP contribution is -2.38. The van der Waals surface area contributed by atoms with Crippen molar-refractivity contribution in [3.8, 4) is 0 Å². The van der Waals surface area contributed by atoms with Gasteiger partial charge >= 0.3 is 0 Å². The molecule has 162 valence electrons. The van der Waals surface area contributed by atoms with E-state index in [1.165, 1.54) is 17.4 Å². The van der Waals surface area contributed by atoms with E-state index in [2.05, 4.69) is 20.3 Å². The normalized spacial score (nSPS) is 15.0. The van der Waals surface area contributed by atoms with E-state index in [-0.39, 0.29) is 17.5 Å². The molecule has 0 saturated carbocycles. The number of rotatable bonds is 6. The molecule has 1 aliphatic rings. The van der Waals surface area contributed by atoms with E-state index < -0.39 is 0 Å². The van der Waals surface area contributed by atoms with Gasteiger partial charge in [0.25, 0.3) is 11.5 Å². The van der Waals surface area contributed by atoms with Crippen molar-refractivity contribution in [1.82, 2.24) is 20.3 Å². The molecule has 0 radical (unpaired) electrons. The molecule has 9 heteroatoms. The first-order chi connectivity index (χ1) is 15.0. The molecule has 1 amide bonds. The van der Waals surface area contributed by atoms with E-state index in [0.29, 0.717) is 49.2 Å². The van der Waals surface area contributed by atoms with E-state index in [0.717, 1.165) is 16.3 Å². The van der Waals surface area contributed by atoms with Crippen LogP contribution in [0.4, 0.5) is 5.95 Å². The lowest BCUT2D eigenvalue weighted by molar-refractivity contribution is 0.0939. The highest BCUT2D eigenvalue weighted by Gasteiger charge is 2.21. The summed E-state index contributed by atoms with van der Waals surface area (Å²) in [6.07, 6.45) is 0.397. The summed E-state index contributed by atoms with van der Waals surface area (Å²) in [5, 5.41) is 3.97. The van der Waals surface area contributed by atoms with Gasteiger partial charge in [-0.1, -0.05) is 30.3 Å². The quantitative estimate of drug-likeness (QED) is 0.612. The molecule has 2 aromatic heterocycles. The van der Waals surface area contributed by atoms with Crippen LogP contribution in [0.15, 0.2) is 41.2 Å². The van der Waals surface area contributed by atoms with E-state index in [9.17, 15) is 9.59 Å². The number of ether oxygens (including phenoxy) is 1. The number of H-pyrrole nitrogens is 1. The van der Waals surface area contributed by atoms with Crippen molar-refractivity contribution >= 4 is 23.2 Å². The van der Waals surface area contributed by atoms with Crippen molar-refractivity contribution in [2.24, 2.45) is 0 Å². The number of aromatic nitrogens is 3. The van der Waals surface area contributed by atoms with Crippen LogP contribution in [0, 0.1) is 13.8 Å². The first-order valence-corrected chi connectivity index (χ1v) is 11.0. The monoisotopic (exact) mass is 439 g/mol. The van der Waals surface area contributed by atoms with Crippen molar-refractivity contribution in [1.29, 1.82) is 0 Å². The zero-order valence-corrected chi connectivity index (χ0v) is 18.4. The summed E-state index contributed by atoms with van der Waals surface area (Å²) in [6, 6.07) is 10.9. The Balaban J connectivity index is 1.61. The Kier molecular flexibility index (Phi) is 6.43. The standard InChI is InChI=1S/C22H25N5O3S/c1-14-20(31-15(2)23-14)21(29)25-18(16-6-4-3-5-7-16)12-17-13-19(28)26-22(24-17)27-8-10-30-11-9-27/h3-7,13,18H,8-12H2,1-2H3,(H,25,29)(H,24,26,28). The van der Waals surface area contributed by atoms with Crippen molar-refractivity contribution in [3.05, 3.63) is 73.6 Å². The number of anilines is 1. The first-order valence-electron chi connectivity index (χ1n) is 10.2. The fourth-order valence-electron chi connectivity index (χ4n) is 3.64. The summed E-state index contributed by atoms with van der Waals surface area (Å²) < 4.78 is 5.39. The number of thiazole rings is 1. The molecule has 2 N–H and O–H groups in total. The van der Waals surface area contributed by atoms with E-state index in [4.69, 9.17) is 4.74 Å². The van der Waals surface area contributed by atoms with E-state index >= 15 is 0 Å². The fourth-order valence-corrected chi connectivity index (χ4v) is 4.46. The highest BCUT2D eigenvalue weighted by atomic mass is 32.1. The van der Waals surface area contributed by atoms with Crippen LogP contribution in [0.2, 0.25) is 0 Å². The van der Waals surface area contributed by atoms with Crippen LogP contribution < -0.4 is 15.8 Å². The summed E-state index contributed by atoms with van der Waals surface area (Å²) in [5.74, 6) is 0.369. The van der Waals surface area contributed by atoms with Gasteiger partial charge in [0.2, 0.25) is 5.95 Å². The largest absolute Gasteiger partial charge is 0.378 e. The summed E-state index contributed by atoms with van der Waals surface area (Å²) in [5.41, 5.74) is 2.08. The highest BCUT2D eigenvalue weighted by Crippen LogP contribution is 2.22. The molecule has 0 aliphatic carbocycles. The van der Waals surface area contributed by atoms with E-state index in [1.54, 1.807) is 0 Å². The number of carbonyl (C=O) groups excluding carboxylic acids is 1. The summed E-state index contributed by atoms with van der Waals surface area (Å²) in [4.78, 5) is 39.8. The second-order valence-corrected chi connectivity index (χ2v) is 8.65. The number of hydrogen-bond acceptors (Lipinski definition) is 7. The summed E-state index contributed by atoms with van der Waals surface area (Å²) >= 11 is 1.38. The average Bonchev–Trinajstić information content (AvgIpc) is 3.12. The molecule has 1 aromatic carbocycles. The van der Waals surface area contributed by atoms with Crippen LogP contribution in [0.25, 0.3) is 0 Å². The van der Waals surface area contributed by atoms with Gasteiger partial charge in [-0.25, -0.2) is 9.97 Å². The number of morpholine rings is 1. The van der Waals surface area contributed by atoms with Crippen molar-refractivity contribution in [3.63, 3.8) is 0 Å². The van der Waals surface area contributed by atoms with Crippen LogP contribution in [-0.2, 0) is 11.2 Å². The van der Waals surface area contributed by atoms with Crippen LogP contribution in [0.3, 0.4) is 0 Å². The van der Waals surface area contributed by atoms with Gasteiger partial charge in [-0.2, -0.15) is 0 Å². The van der Waals surface area contributed by atoms with Crippen molar-refractivity contribution in [2.45, 2.75) is 26.3 Å². The maximum atomic E-state index is 13.0. The molecule has 1 atom stereocenters. The smallest absolute Gasteiger partial charge is 0.263 e. The maximum absolute atomic E-state index is 13.0. The molecule has 1 aliphatic heterocycles. The zero-order valence-electron chi connectivity index (χ0n) is 17.6. The third-order valence-corrected chi connectivity index (χ3v) is 6.19. The number of amides is 1. The predicted molar refractivity (Wildman–Crippen MR) is 120 cm³/mol. The summed E-state index contributed by atoms with van der Waals surface area (Å²) in [7, 11) is 0. The lowest BCUT2D eigenvalue weighted by Gasteiger charge is -2.27. The van der Waals surface area contributed by atoms with Crippen molar-refractivity contribution < 1.29 is 9.53 Å². The van der Waals surface area contributed by atoms with Gasteiger partial charge in [0.1, 0.15) is 4.88 Å². The van der Waals surface area contributed by atoms with Gasteiger partial charge in [-0.15, -0.1) is 11.3 Å². The van der Waals surface area contributed by atoms with Gasteiger partial charge in [-0.3, -0.25) is 14.6 Å². The number of aromatic amines is 1. The van der Waals surface area contributed by atoms with Crippen molar-refractivity contribution in [2.75, 3.05) is 31.2 Å². The maximum Gasteiger partial charge on any atom is 0.263 e. The number of hydrogen-bond donors (Lipinski definition) is 2. The van der Waals surface area contributed by atoms with Gasteiger partial charge in [-0.05, 0) is 19.4 Å². The Morgan fingerprint density at radius 3 is 2.65 bits per heavy atom. The molecule has 1 unspecified atom stereocenters. The molecule has 0 bridgehead atoms. The molecule has 8 nitrogen and oxygen atoms in total. The number of nitrogens with one attached hydrogen (secondary N) is 2. The number of benzene rings is 1. The Bertz CT molecular complexity index is 1110. The first kappa shape index (κ1) is 21.2. The van der Waals surface area contributed by atoms with Crippen LogP contribution >= 0.6 is 11.3 Å². The van der Waals surface area contributed by atoms with Gasteiger partial charge in [0.15, 0.2) is 0 Å². The molecule has 3 aromatic rings. The molecule has 3 heterocycles. The summed E-state index contributed by atoms with van der Waals surface area (Å²) in [6.45, 7) is 6.28. The second kappa shape index (κ2) is 9.40. The van der Waals surface area contributed by atoms with Crippen LogP contribution in [0.5, 0.6) is 0 Å². The zero-order chi connectivity index (χ0) is 21.8. The molecule has 0 spiro atoms. The second-order valence-electron chi connectivity index (χ2n) is 7.45. The molecule has 1 fully saturated rings. The number of nitrogens with zero attached hydrogens (tertiary/aromatic N) is 3. The lowest BCUT2D eigenvalue weighted by atomic mass is 10.0. The minimum atomic E-state index is -0.331. The average molecular weight is 440 g/mol. The Morgan fingerprint density at radius 2 is 1.97 bits per heavy atom. The minimum absolute atomic E-state index is 0.171. The number of aryl methyl sites for hydroxylation is 2. The highest BCUT2D eigenvalue weighted by molar-refractivity contribution is 7.13. The molecule has 4 rings (SSSR count). The predicted octanol–water partition coefficient (Wildman–Crippen LogP) is 2.39. The topological polar surface area (TPSA) is 100 Å².